The van der Waals surface area contributed by atoms with Crippen molar-refractivity contribution in [3.63, 3.8) is 0 Å². The van der Waals surface area contributed by atoms with Gasteiger partial charge in [0.15, 0.2) is 0 Å². The van der Waals surface area contributed by atoms with E-state index in [1.165, 1.54) is 0 Å². The van der Waals surface area contributed by atoms with Gasteiger partial charge in [-0.3, -0.25) is 0 Å². The highest BCUT2D eigenvalue weighted by Gasteiger charge is 2.25. The summed E-state index contributed by atoms with van der Waals surface area (Å²) in [6.07, 6.45) is 1.98. The molecule has 1 heterocycles. The third-order valence-corrected chi connectivity index (χ3v) is 3.42. The number of aliphatic hydroxyl groups is 1. The van der Waals surface area contributed by atoms with Gasteiger partial charge in [0, 0.05) is 38.3 Å². The number of nitrogens with one attached hydrogen (secondary N) is 1. The zero-order valence-electron chi connectivity index (χ0n) is 10.6. The molecule has 0 bridgehead atoms. The molecular weight excluding hydrogens is 204 g/mol. The first kappa shape index (κ1) is 13.9. The minimum absolute atomic E-state index is 0.285. The molecule has 1 saturated heterocycles. The van der Waals surface area contributed by atoms with Crippen molar-refractivity contribution >= 4 is 0 Å². The molecule has 0 amide bonds. The van der Waals surface area contributed by atoms with Crippen molar-refractivity contribution in [1.29, 1.82) is 0 Å². The fourth-order valence-corrected chi connectivity index (χ4v) is 2.36. The zero-order chi connectivity index (χ0) is 11.8. The molecule has 1 rings (SSSR count). The first-order valence-electron chi connectivity index (χ1n) is 6.40. The normalized spacial score (nSPS) is 26.2. The van der Waals surface area contributed by atoms with E-state index in [1.807, 2.05) is 7.05 Å². The Morgan fingerprint density at radius 2 is 2.31 bits per heavy atom. The molecule has 0 radical (unpaired) electrons. The van der Waals surface area contributed by atoms with Gasteiger partial charge in [-0.2, -0.15) is 0 Å². The van der Waals surface area contributed by atoms with Crippen molar-refractivity contribution in [2.24, 2.45) is 5.92 Å². The maximum absolute atomic E-state index is 8.85. The second kappa shape index (κ2) is 8.01. The molecule has 1 fully saturated rings. The van der Waals surface area contributed by atoms with Gasteiger partial charge in [-0.1, -0.05) is 6.92 Å². The topological polar surface area (TPSA) is 44.7 Å². The molecule has 0 aromatic rings. The molecule has 0 aromatic heterocycles. The first-order valence-corrected chi connectivity index (χ1v) is 6.40. The van der Waals surface area contributed by atoms with Crippen LogP contribution in [0.25, 0.3) is 0 Å². The minimum Gasteiger partial charge on any atom is -0.396 e. The van der Waals surface area contributed by atoms with Crippen molar-refractivity contribution in [2.75, 3.05) is 46.5 Å². The van der Waals surface area contributed by atoms with Crippen LogP contribution in [0.5, 0.6) is 0 Å². The summed E-state index contributed by atoms with van der Waals surface area (Å²) in [6, 6.07) is 0.580. The van der Waals surface area contributed by atoms with Gasteiger partial charge in [-0.15, -0.1) is 0 Å². The fraction of sp³-hybridized carbons (Fsp3) is 1.00. The van der Waals surface area contributed by atoms with Gasteiger partial charge in [-0.05, 0) is 26.4 Å². The second-order valence-electron chi connectivity index (χ2n) is 4.49. The lowest BCUT2D eigenvalue weighted by molar-refractivity contribution is 0.0184. The third kappa shape index (κ3) is 4.37. The Bertz CT molecular complexity index is 178. The van der Waals surface area contributed by atoms with Crippen LogP contribution in [0.4, 0.5) is 0 Å². The van der Waals surface area contributed by atoms with Crippen molar-refractivity contribution in [3.05, 3.63) is 0 Å². The molecule has 0 saturated carbocycles. The van der Waals surface area contributed by atoms with Crippen LogP contribution >= 0.6 is 0 Å². The molecule has 2 unspecified atom stereocenters. The van der Waals surface area contributed by atoms with Gasteiger partial charge in [0.2, 0.25) is 0 Å². The van der Waals surface area contributed by atoms with E-state index >= 15 is 0 Å². The summed E-state index contributed by atoms with van der Waals surface area (Å²) < 4.78 is 5.55. The Kier molecular flexibility index (Phi) is 6.96. The maximum Gasteiger partial charge on any atom is 0.0521 e. The highest BCUT2D eigenvalue weighted by atomic mass is 16.5. The van der Waals surface area contributed by atoms with Crippen LogP contribution in [0.2, 0.25) is 0 Å². The molecule has 2 atom stereocenters. The lowest BCUT2D eigenvalue weighted by Gasteiger charge is -2.35. The lowest BCUT2D eigenvalue weighted by atomic mass is 9.95. The summed E-state index contributed by atoms with van der Waals surface area (Å²) in [5.41, 5.74) is 0. The second-order valence-corrected chi connectivity index (χ2v) is 4.49. The largest absolute Gasteiger partial charge is 0.396 e. The van der Waals surface area contributed by atoms with E-state index in [-0.39, 0.29) is 6.61 Å². The van der Waals surface area contributed by atoms with Crippen LogP contribution in [0.3, 0.4) is 0 Å². The molecule has 4 nitrogen and oxygen atoms in total. The number of aliphatic hydroxyl groups excluding tert-OH is 1. The number of hydrogen-bond acceptors (Lipinski definition) is 4. The summed E-state index contributed by atoms with van der Waals surface area (Å²) in [7, 11) is 2.03. The first-order chi connectivity index (χ1) is 7.81. The van der Waals surface area contributed by atoms with Gasteiger partial charge >= 0.3 is 0 Å². The van der Waals surface area contributed by atoms with E-state index in [2.05, 4.69) is 17.1 Å². The lowest BCUT2D eigenvalue weighted by Crippen LogP contribution is -2.46. The highest BCUT2D eigenvalue weighted by molar-refractivity contribution is 4.80. The monoisotopic (exact) mass is 230 g/mol. The van der Waals surface area contributed by atoms with Gasteiger partial charge in [0.1, 0.15) is 0 Å². The molecule has 0 spiro atoms. The summed E-state index contributed by atoms with van der Waals surface area (Å²) in [4.78, 5) is 2.40. The van der Waals surface area contributed by atoms with E-state index in [9.17, 15) is 0 Å². The Morgan fingerprint density at radius 3 is 2.94 bits per heavy atom. The van der Waals surface area contributed by atoms with Crippen LogP contribution < -0.4 is 5.32 Å². The van der Waals surface area contributed by atoms with E-state index in [4.69, 9.17) is 9.84 Å². The van der Waals surface area contributed by atoms with E-state index < -0.39 is 0 Å². The molecule has 96 valence electrons. The van der Waals surface area contributed by atoms with E-state index in [0.29, 0.717) is 12.0 Å². The van der Waals surface area contributed by atoms with Crippen LogP contribution in [-0.2, 0) is 4.74 Å². The minimum atomic E-state index is 0.285. The molecule has 16 heavy (non-hydrogen) atoms. The summed E-state index contributed by atoms with van der Waals surface area (Å²) in [6.45, 7) is 7.31. The third-order valence-electron chi connectivity index (χ3n) is 3.42. The highest BCUT2D eigenvalue weighted by Crippen LogP contribution is 2.16. The SMILES string of the molecule is CCN(CCCO)CC1COCCC1NC. The van der Waals surface area contributed by atoms with Crippen molar-refractivity contribution < 1.29 is 9.84 Å². The Labute approximate surface area is 99.0 Å². The standard InChI is InChI=1S/C12H26N2O2/c1-3-14(6-4-7-15)9-11-10-16-8-5-12(11)13-2/h11-13,15H,3-10H2,1-2H3. The van der Waals surface area contributed by atoms with Crippen LogP contribution in [0, 0.1) is 5.92 Å². The maximum atomic E-state index is 8.85. The van der Waals surface area contributed by atoms with Gasteiger partial charge in [0.05, 0.1) is 6.61 Å². The number of ether oxygens (including phenoxy) is 1. The number of hydrogen-bond donors (Lipinski definition) is 2. The average molecular weight is 230 g/mol. The van der Waals surface area contributed by atoms with Crippen molar-refractivity contribution in [2.45, 2.75) is 25.8 Å². The van der Waals surface area contributed by atoms with Gasteiger partial charge in [-0.25, -0.2) is 0 Å². The molecule has 2 N–H and O–H groups in total. The van der Waals surface area contributed by atoms with Crippen molar-refractivity contribution in [3.8, 4) is 0 Å². The predicted molar refractivity (Wildman–Crippen MR) is 65.6 cm³/mol. The molecule has 0 aliphatic carbocycles. The molecule has 1 aliphatic rings. The molecular formula is C12H26N2O2. The molecule has 4 heteroatoms. The van der Waals surface area contributed by atoms with Crippen LogP contribution in [0.15, 0.2) is 0 Å². The molecule has 0 aromatic carbocycles. The quantitative estimate of drug-likeness (QED) is 0.661. The van der Waals surface area contributed by atoms with E-state index in [0.717, 1.165) is 45.7 Å². The summed E-state index contributed by atoms with van der Waals surface area (Å²) >= 11 is 0. The number of nitrogens with zero attached hydrogens (tertiary/aromatic N) is 1. The Hall–Kier alpha value is -0.160. The van der Waals surface area contributed by atoms with Crippen LogP contribution in [-0.4, -0.2) is 62.6 Å². The van der Waals surface area contributed by atoms with Crippen molar-refractivity contribution in [1.82, 2.24) is 10.2 Å². The fourth-order valence-electron chi connectivity index (χ4n) is 2.36. The predicted octanol–water partition coefficient (Wildman–Crippen LogP) is 0.315. The van der Waals surface area contributed by atoms with Gasteiger partial charge in [0.25, 0.3) is 0 Å². The Balaban J connectivity index is 2.35. The zero-order valence-corrected chi connectivity index (χ0v) is 10.6. The van der Waals surface area contributed by atoms with E-state index in [1.54, 1.807) is 0 Å². The summed E-state index contributed by atoms with van der Waals surface area (Å²) in [5.74, 6) is 0.581. The number of rotatable bonds is 7. The van der Waals surface area contributed by atoms with Crippen LogP contribution in [0.1, 0.15) is 19.8 Å². The van der Waals surface area contributed by atoms with Gasteiger partial charge < -0.3 is 20.1 Å². The Morgan fingerprint density at radius 1 is 1.50 bits per heavy atom. The average Bonchev–Trinajstić information content (AvgIpc) is 2.34. The smallest absolute Gasteiger partial charge is 0.0521 e. The molecule has 1 aliphatic heterocycles. The summed E-state index contributed by atoms with van der Waals surface area (Å²) in [5, 5.41) is 12.2.